The largest absolute Gasteiger partial charge is 0.272 e. The van der Waals surface area contributed by atoms with Crippen molar-refractivity contribution in [2.75, 3.05) is 13.1 Å². The van der Waals surface area contributed by atoms with Gasteiger partial charge in [0.2, 0.25) is 0 Å². The molecule has 21 heavy (non-hydrogen) atoms. The molecule has 2 aliphatic heterocycles. The van der Waals surface area contributed by atoms with Gasteiger partial charge in [-0.25, -0.2) is 13.8 Å². The SMILES string of the molecule is CC1(C(F)F)CN2CCC(c3cncc(C#N)c3)N2C1=O. The number of rotatable bonds is 2. The van der Waals surface area contributed by atoms with E-state index in [4.69, 9.17) is 5.26 Å². The van der Waals surface area contributed by atoms with Crippen molar-refractivity contribution in [1.29, 1.82) is 5.26 Å². The third kappa shape index (κ3) is 1.98. The van der Waals surface area contributed by atoms with Crippen LogP contribution in [0.3, 0.4) is 0 Å². The predicted octanol–water partition coefficient (Wildman–Crippen LogP) is 1.73. The molecule has 2 saturated heterocycles. The molecule has 0 aliphatic carbocycles. The summed E-state index contributed by atoms with van der Waals surface area (Å²) < 4.78 is 26.4. The standard InChI is InChI=1S/C14H14F2N4O/c1-14(12(15)16)8-19-3-2-11(20(19)13(14)21)10-4-9(5-17)6-18-7-10/h4,6-7,11-12H,2-3,8H2,1H3. The van der Waals surface area contributed by atoms with Crippen molar-refractivity contribution in [3.63, 3.8) is 0 Å². The first-order chi connectivity index (χ1) is 9.97. The van der Waals surface area contributed by atoms with Crippen molar-refractivity contribution < 1.29 is 13.6 Å². The fourth-order valence-electron chi connectivity index (χ4n) is 3.00. The van der Waals surface area contributed by atoms with Crippen LogP contribution in [0.15, 0.2) is 18.5 Å². The second-order valence-corrected chi connectivity index (χ2v) is 5.68. The molecule has 2 fully saturated rings. The molecule has 5 nitrogen and oxygen atoms in total. The number of amides is 1. The van der Waals surface area contributed by atoms with E-state index in [1.807, 2.05) is 6.07 Å². The number of carbonyl (C=O) groups excluding carboxylic acids is 1. The quantitative estimate of drug-likeness (QED) is 0.833. The number of halogens is 2. The summed E-state index contributed by atoms with van der Waals surface area (Å²) in [5.41, 5.74) is -0.545. The molecule has 3 heterocycles. The molecule has 0 radical (unpaired) electrons. The zero-order valence-electron chi connectivity index (χ0n) is 11.5. The number of carbonyl (C=O) groups is 1. The molecule has 2 unspecified atom stereocenters. The summed E-state index contributed by atoms with van der Waals surface area (Å²) in [5, 5.41) is 12.0. The first kappa shape index (κ1) is 13.9. The van der Waals surface area contributed by atoms with Crippen molar-refractivity contribution in [2.45, 2.75) is 25.8 Å². The van der Waals surface area contributed by atoms with E-state index in [1.54, 1.807) is 17.3 Å². The Balaban J connectivity index is 1.94. The van der Waals surface area contributed by atoms with Gasteiger partial charge in [-0.15, -0.1) is 0 Å². The van der Waals surface area contributed by atoms with Gasteiger partial charge in [0.15, 0.2) is 0 Å². The Hall–Kier alpha value is -2.07. The Bertz CT molecular complexity index is 630. The average molecular weight is 292 g/mol. The minimum atomic E-state index is -2.69. The van der Waals surface area contributed by atoms with E-state index in [9.17, 15) is 13.6 Å². The number of alkyl halides is 2. The monoisotopic (exact) mass is 292 g/mol. The van der Waals surface area contributed by atoms with Gasteiger partial charge < -0.3 is 0 Å². The van der Waals surface area contributed by atoms with E-state index in [1.165, 1.54) is 18.1 Å². The third-order valence-corrected chi connectivity index (χ3v) is 4.22. The minimum absolute atomic E-state index is 0.0331. The number of pyridine rings is 1. The number of nitriles is 1. The number of hydrogen-bond acceptors (Lipinski definition) is 4. The van der Waals surface area contributed by atoms with E-state index in [-0.39, 0.29) is 12.6 Å². The second kappa shape index (κ2) is 4.74. The minimum Gasteiger partial charge on any atom is -0.272 e. The van der Waals surface area contributed by atoms with Crippen LogP contribution < -0.4 is 0 Å². The predicted molar refractivity (Wildman–Crippen MR) is 68.8 cm³/mol. The van der Waals surface area contributed by atoms with Crippen LogP contribution in [0.2, 0.25) is 0 Å². The van der Waals surface area contributed by atoms with Crippen LogP contribution in [0.5, 0.6) is 0 Å². The summed E-state index contributed by atoms with van der Waals surface area (Å²) in [5.74, 6) is -0.553. The molecular formula is C14H14F2N4O. The summed E-state index contributed by atoms with van der Waals surface area (Å²) >= 11 is 0. The Labute approximate surface area is 120 Å². The highest BCUT2D eigenvalue weighted by atomic mass is 19.3. The molecule has 1 aromatic rings. The molecule has 0 N–H and O–H groups in total. The van der Waals surface area contributed by atoms with Crippen molar-refractivity contribution in [3.8, 4) is 6.07 Å². The molecule has 7 heteroatoms. The van der Waals surface area contributed by atoms with Crippen LogP contribution in [0.1, 0.15) is 30.5 Å². The highest BCUT2D eigenvalue weighted by molar-refractivity contribution is 5.85. The Morgan fingerprint density at radius 2 is 2.29 bits per heavy atom. The third-order valence-electron chi connectivity index (χ3n) is 4.22. The van der Waals surface area contributed by atoms with Crippen molar-refractivity contribution in [3.05, 3.63) is 29.6 Å². The molecule has 2 aliphatic rings. The Morgan fingerprint density at radius 1 is 1.52 bits per heavy atom. The summed E-state index contributed by atoms with van der Waals surface area (Å²) in [6.45, 7) is 1.89. The highest BCUT2D eigenvalue weighted by Gasteiger charge is 2.57. The van der Waals surface area contributed by atoms with Crippen LogP contribution in [-0.4, -0.2) is 40.4 Å². The number of hydrogen-bond donors (Lipinski definition) is 0. The zero-order chi connectivity index (χ0) is 15.2. The van der Waals surface area contributed by atoms with Crippen LogP contribution >= 0.6 is 0 Å². The lowest BCUT2D eigenvalue weighted by molar-refractivity contribution is -0.147. The summed E-state index contributed by atoms with van der Waals surface area (Å²) in [6, 6.07) is 3.34. The summed E-state index contributed by atoms with van der Waals surface area (Å²) in [4.78, 5) is 16.4. The Kier molecular flexibility index (Phi) is 3.14. The fourth-order valence-corrected chi connectivity index (χ4v) is 3.00. The molecule has 0 spiro atoms. The van der Waals surface area contributed by atoms with Crippen molar-refractivity contribution in [1.82, 2.24) is 15.0 Å². The Morgan fingerprint density at radius 3 is 2.95 bits per heavy atom. The molecule has 110 valence electrons. The van der Waals surface area contributed by atoms with Crippen LogP contribution in [0.25, 0.3) is 0 Å². The molecule has 0 aromatic carbocycles. The molecule has 1 amide bonds. The second-order valence-electron chi connectivity index (χ2n) is 5.68. The zero-order valence-corrected chi connectivity index (χ0v) is 11.5. The molecule has 1 aromatic heterocycles. The van der Waals surface area contributed by atoms with Gasteiger partial charge in [0.25, 0.3) is 12.3 Å². The number of fused-ring (bicyclic) bond motifs is 1. The summed E-state index contributed by atoms with van der Waals surface area (Å²) in [6.07, 6.45) is 0.979. The van der Waals surface area contributed by atoms with Gasteiger partial charge in [0.1, 0.15) is 11.5 Å². The van der Waals surface area contributed by atoms with Crippen molar-refractivity contribution in [2.24, 2.45) is 5.41 Å². The van der Waals surface area contributed by atoms with Gasteiger partial charge in [0, 0.05) is 25.5 Å². The normalized spacial score (nSPS) is 29.0. The van der Waals surface area contributed by atoms with Gasteiger partial charge in [-0.05, 0) is 25.0 Å². The first-order valence-electron chi connectivity index (χ1n) is 6.69. The molecular weight excluding hydrogens is 278 g/mol. The molecule has 2 atom stereocenters. The molecule has 3 rings (SSSR count). The van der Waals surface area contributed by atoms with E-state index in [0.29, 0.717) is 24.1 Å². The van der Waals surface area contributed by atoms with Gasteiger partial charge in [0.05, 0.1) is 11.6 Å². The van der Waals surface area contributed by atoms with E-state index in [2.05, 4.69) is 4.98 Å². The fraction of sp³-hybridized carbons (Fsp3) is 0.500. The smallest absolute Gasteiger partial charge is 0.254 e. The van der Waals surface area contributed by atoms with Crippen LogP contribution in [-0.2, 0) is 4.79 Å². The lowest BCUT2D eigenvalue weighted by Crippen LogP contribution is -2.39. The summed E-state index contributed by atoms with van der Waals surface area (Å²) in [7, 11) is 0. The maximum absolute atomic E-state index is 13.2. The average Bonchev–Trinajstić information content (AvgIpc) is 2.99. The highest BCUT2D eigenvalue weighted by Crippen LogP contribution is 2.44. The van der Waals surface area contributed by atoms with E-state index >= 15 is 0 Å². The lowest BCUT2D eigenvalue weighted by atomic mass is 9.90. The number of hydrazine groups is 1. The molecule has 0 saturated carbocycles. The van der Waals surface area contributed by atoms with E-state index < -0.39 is 17.7 Å². The van der Waals surface area contributed by atoms with Gasteiger partial charge in [-0.1, -0.05) is 0 Å². The topological polar surface area (TPSA) is 60.2 Å². The van der Waals surface area contributed by atoms with Gasteiger partial charge in [-0.3, -0.25) is 14.8 Å². The maximum Gasteiger partial charge on any atom is 0.254 e. The maximum atomic E-state index is 13.2. The van der Waals surface area contributed by atoms with E-state index in [0.717, 1.165) is 0 Å². The molecule has 0 bridgehead atoms. The van der Waals surface area contributed by atoms with Gasteiger partial charge in [-0.2, -0.15) is 5.26 Å². The number of nitrogens with zero attached hydrogens (tertiary/aromatic N) is 4. The van der Waals surface area contributed by atoms with Gasteiger partial charge >= 0.3 is 0 Å². The number of aromatic nitrogens is 1. The lowest BCUT2D eigenvalue weighted by Gasteiger charge is -2.26. The van der Waals surface area contributed by atoms with Crippen LogP contribution in [0, 0.1) is 16.7 Å². The first-order valence-corrected chi connectivity index (χ1v) is 6.69. The van der Waals surface area contributed by atoms with Crippen molar-refractivity contribution >= 4 is 5.91 Å². The van der Waals surface area contributed by atoms with Crippen LogP contribution in [0.4, 0.5) is 8.78 Å².